The van der Waals surface area contributed by atoms with Crippen LogP contribution in [0.4, 0.5) is 0 Å². The lowest BCUT2D eigenvalue weighted by Gasteiger charge is -2.21. The standard InChI is InChI=1S/C14H21NO4/c1-8(2)9-4-6-11(19-3)14(18)13(9)10(15)5-7-12(16)17/h4,6,8,10,18H,5,7,15H2,1-3H3,(H,16,17). The molecule has 0 saturated carbocycles. The first kappa shape index (κ1) is 15.3. The first-order valence-corrected chi connectivity index (χ1v) is 6.25. The zero-order chi connectivity index (χ0) is 14.6. The molecule has 0 saturated heterocycles. The number of hydrogen-bond acceptors (Lipinski definition) is 4. The van der Waals surface area contributed by atoms with Gasteiger partial charge < -0.3 is 20.7 Å². The maximum absolute atomic E-state index is 10.6. The van der Waals surface area contributed by atoms with Gasteiger partial charge in [0, 0.05) is 18.0 Å². The summed E-state index contributed by atoms with van der Waals surface area (Å²) in [5.74, 6) is -0.358. The number of hydrogen-bond donors (Lipinski definition) is 3. The maximum Gasteiger partial charge on any atom is 0.303 e. The molecule has 4 N–H and O–H groups in total. The van der Waals surface area contributed by atoms with Crippen LogP contribution >= 0.6 is 0 Å². The van der Waals surface area contributed by atoms with Crippen LogP contribution in [0.25, 0.3) is 0 Å². The average Bonchev–Trinajstić information content (AvgIpc) is 2.35. The van der Waals surface area contributed by atoms with E-state index in [4.69, 9.17) is 15.6 Å². The van der Waals surface area contributed by atoms with Gasteiger partial charge in [0.05, 0.1) is 7.11 Å². The number of aromatic hydroxyl groups is 1. The molecule has 106 valence electrons. The second-order valence-electron chi connectivity index (χ2n) is 4.81. The first-order valence-electron chi connectivity index (χ1n) is 6.25. The molecule has 0 spiro atoms. The van der Waals surface area contributed by atoms with Crippen molar-refractivity contribution in [3.8, 4) is 11.5 Å². The number of ether oxygens (including phenoxy) is 1. The summed E-state index contributed by atoms with van der Waals surface area (Å²) in [6.07, 6.45) is 0.241. The molecule has 19 heavy (non-hydrogen) atoms. The zero-order valence-electron chi connectivity index (χ0n) is 11.5. The van der Waals surface area contributed by atoms with Gasteiger partial charge in [0.2, 0.25) is 0 Å². The van der Waals surface area contributed by atoms with Crippen LogP contribution in [0.5, 0.6) is 11.5 Å². The number of rotatable bonds is 6. The van der Waals surface area contributed by atoms with Gasteiger partial charge in [-0.15, -0.1) is 0 Å². The summed E-state index contributed by atoms with van der Waals surface area (Å²) in [5, 5.41) is 18.9. The number of phenolic OH excluding ortho intramolecular Hbond substituents is 1. The van der Waals surface area contributed by atoms with E-state index in [1.54, 1.807) is 6.07 Å². The van der Waals surface area contributed by atoms with Crippen LogP contribution in [0, 0.1) is 0 Å². The zero-order valence-corrected chi connectivity index (χ0v) is 11.5. The fourth-order valence-corrected chi connectivity index (χ4v) is 2.08. The van der Waals surface area contributed by atoms with E-state index in [-0.39, 0.29) is 24.5 Å². The molecule has 0 fully saturated rings. The van der Waals surface area contributed by atoms with Crippen molar-refractivity contribution >= 4 is 5.97 Å². The molecular weight excluding hydrogens is 246 g/mol. The Morgan fingerprint density at radius 3 is 2.53 bits per heavy atom. The summed E-state index contributed by atoms with van der Waals surface area (Å²) in [6.45, 7) is 3.99. The molecule has 0 amide bonds. The van der Waals surface area contributed by atoms with Crippen molar-refractivity contribution in [2.45, 2.75) is 38.6 Å². The average molecular weight is 267 g/mol. The predicted octanol–water partition coefficient (Wildman–Crippen LogP) is 2.39. The Labute approximate surface area is 113 Å². The Kier molecular flexibility index (Phi) is 5.18. The van der Waals surface area contributed by atoms with E-state index < -0.39 is 12.0 Å². The van der Waals surface area contributed by atoms with Gasteiger partial charge in [0.1, 0.15) is 0 Å². The summed E-state index contributed by atoms with van der Waals surface area (Å²) >= 11 is 0. The predicted molar refractivity (Wildman–Crippen MR) is 72.5 cm³/mol. The molecule has 1 atom stereocenters. The number of carboxylic acids is 1. The molecule has 0 radical (unpaired) electrons. The van der Waals surface area contributed by atoms with E-state index in [1.807, 2.05) is 19.9 Å². The minimum atomic E-state index is -0.899. The monoisotopic (exact) mass is 267 g/mol. The molecule has 0 aliphatic carbocycles. The molecule has 0 aliphatic heterocycles. The van der Waals surface area contributed by atoms with Gasteiger partial charge in [-0.1, -0.05) is 19.9 Å². The third-order valence-electron chi connectivity index (χ3n) is 3.10. The summed E-state index contributed by atoms with van der Waals surface area (Å²) in [6, 6.07) is 3.03. The Morgan fingerprint density at radius 2 is 2.05 bits per heavy atom. The highest BCUT2D eigenvalue weighted by Crippen LogP contribution is 2.39. The number of methoxy groups -OCH3 is 1. The lowest BCUT2D eigenvalue weighted by Crippen LogP contribution is -2.15. The van der Waals surface area contributed by atoms with Crippen molar-refractivity contribution in [2.24, 2.45) is 5.73 Å². The third kappa shape index (κ3) is 3.61. The highest BCUT2D eigenvalue weighted by molar-refractivity contribution is 5.66. The van der Waals surface area contributed by atoms with Crippen molar-refractivity contribution in [1.82, 2.24) is 0 Å². The van der Waals surface area contributed by atoms with Crippen molar-refractivity contribution in [2.75, 3.05) is 7.11 Å². The van der Waals surface area contributed by atoms with Crippen molar-refractivity contribution in [1.29, 1.82) is 0 Å². The van der Waals surface area contributed by atoms with Crippen molar-refractivity contribution < 1.29 is 19.7 Å². The maximum atomic E-state index is 10.6. The van der Waals surface area contributed by atoms with Crippen molar-refractivity contribution in [3.05, 3.63) is 23.3 Å². The highest BCUT2D eigenvalue weighted by atomic mass is 16.5. The molecular formula is C14H21NO4. The summed E-state index contributed by atoms with van der Waals surface area (Å²) in [7, 11) is 1.47. The molecule has 0 aromatic heterocycles. The van der Waals surface area contributed by atoms with E-state index >= 15 is 0 Å². The molecule has 1 rings (SSSR count). The van der Waals surface area contributed by atoms with Gasteiger partial charge in [-0.3, -0.25) is 4.79 Å². The van der Waals surface area contributed by atoms with Crippen LogP contribution in [-0.4, -0.2) is 23.3 Å². The largest absolute Gasteiger partial charge is 0.504 e. The Morgan fingerprint density at radius 1 is 1.42 bits per heavy atom. The number of aliphatic carboxylic acids is 1. The van der Waals surface area contributed by atoms with Gasteiger partial charge >= 0.3 is 5.97 Å². The minimum absolute atomic E-state index is 0.00610. The van der Waals surface area contributed by atoms with E-state index in [0.717, 1.165) is 5.56 Å². The topological polar surface area (TPSA) is 92.8 Å². The molecule has 1 aromatic carbocycles. The van der Waals surface area contributed by atoms with Gasteiger partial charge in [0.25, 0.3) is 0 Å². The number of nitrogens with two attached hydrogens (primary N) is 1. The number of benzene rings is 1. The Balaban J connectivity index is 3.17. The van der Waals surface area contributed by atoms with Gasteiger partial charge in [0.15, 0.2) is 11.5 Å². The van der Waals surface area contributed by atoms with Crippen LogP contribution in [0.2, 0.25) is 0 Å². The van der Waals surface area contributed by atoms with Crippen LogP contribution in [0.1, 0.15) is 49.8 Å². The van der Waals surface area contributed by atoms with E-state index in [1.165, 1.54) is 7.11 Å². The first-order chi connectivity index (χ1) is 8.88. The van der Waals surface area contributed by atoms with Crippen LogP contribution in [0.3, 0.4) is 0 Å². The minimum Gasteiger partial charge on any atom is -0.504 e. The van der Waals surface area contributed by atoms with Crippen LogP contribution < -0.4 is 10.5 Å². The molecule has 5 nitrogen and oxygen atoms in total. The van der Waals surface area contributed by atoms with Crippen molar-refractivity contribution in [3.63, 3.8) is 0 Å². The summed E-state index contributed by atoms with van der Waals surface area (Å²) in [5.41, 5.74) is 7.52. The highest BCUT2D eigenvalue weighted by Gasteiger charge is 2.21. The van der Waals surface area contributed by atoms with Crippen LogP contribution in [-0.2, 0) is 4.79 Å². The number of carbonyl (C=O) groups is 1. The second-order valence-corrected chi connectivity index (χ2v) is 4.81. The Hall–Kier alpha value is -1.75. The molecule has 1 unspecified atom stereocenters. The lowest BCUT2D eigenvalue weighted by molar-refractivity contribution is -0.137. The van der Waals surface area contributed by atoms with Gasteiger partial charge in [-0.2, -0.15) is 0 Å². The summed E-state index contributed by atoms with van der Waals surface area (Å²) in [4.78, 5) is 10.6. The fourth-order valence-electron chi connectivity index (χ4n) is 2.08. The number of carboxylic acid groups (broad SMARTS) is 1. The third-order valence-corrected chi connectivity index (χ3v) is 3.10. The molecule has 5 heteroatoms. The SMILES string of the molecule is COc1ccc(C(C)C)c(C(N)CCC(=O)O)c1O. The quantitative estimate of drug-likeness (QED) is 0.736. The van der Waals surface area contributed by atoms with E-state index in [2.05, 4.69) is 0 Å². The van der Waals surface area contributed by atoms with E-state index in [9.17, 15) is 9.90 Å². The number of phenols is 1. The normalized spacial score (nSPS) is 12.5. The molecule has 0 bridgehead atoms. The molecule has 1 aromatic rings. The fraction of sp³-hybridized carbons (Fsp3) is 0.500. The molecule has 0 aliphatic rings. The second kappa shape index (κ2) is 6.43. The molecule has 0 heterocycles. The van der Waals surface area contributed by atoms with Gasteiger partial charge in [-0.25, -0.2) is 0 Å². The smallest absolute Gasteiger partial charge is 0.303 e. The summed E-state index contributed by atoms with van der Waals surface area (Å²) < 4.78 is 5.07. The van der Waals surface area contributed by atoms with Crippen LogP contribution in [0.15, 0.2) is 12.1 Å². The Bertz CT molecular complexity index is 457. The van der Waals surface area contributed by atoms with Gasteiger partial charge in [-0.05, 0) is 24.0 Å². The van der Waals surface area contributed by atoms with E-state index in [0.29, 0.717) is 11.3 Å². The lowest BCUT2D eigenvalue weighted by atomic mass is 9.90.